The molecule has 1 amide bonds. The van der Waals surface area contributed by atoms with E-state index in [4.69, 9.17) is 4.74 Å². The van der Waals surface area contributed by atoms with Gasteiger partial charge in [-0.3, -0.25) is 4.79 Å². The molecule has 1 N–H and O–H groups in total. The maximum atomic E-state index is 12.7. The molecule has 0 saturated carbocycles. The van der Waals surface area contributed by atoms with Crippen LogP contribution in [0.1, 0.15) is 42.4 Å². The van der Waals surface area contributed by atoms with Crippen LogP contribution in [-0.4, -0.2) is 30.7 Å². The minimum atomic E-state index is 0.0284. The molecule has 3 aromatic rings. The minimum Gasteiger partial charge on any atom is -0.385 e. The van der Waals surface area contributed by atoms with E-state index in [1.165, 1.54) is 27.6 Å². The zero-order valence-electron chi connectivity index (χ0n) is 17.1. The van der Waals surface area contributed by atoms with Gasteiger partial charge < -0.3 is 14.6 Å². The lowest BCUT2D eigenvalue weighted by Crippen LogP contribution is -2.27. The van der Waals surface area contributed by atoms with Gasteiger partial charge in [0.15, 0.2) is 0 Å². The number of ether oxygens (including phenoxy) is 1. The van der Waals surface area contributed by atoms with Crippen LogP contribution in [0.5, 0.6) is 0 Å². The van der Waals surface area contributed by atoms with Crippen molar-refractivity contribution in [2.24, 2.45) is 0 Å². The van der Waals surface area contributed by atoms with Gasteiger partial charge in [0.05, 0.1) is 0 Å². The highest BCUT2D eigenvalue weighted by molar-refractivity contribution is 5.86. The first-order chi connectivity index (χ1) is 13.6. The van der Waals surface area contributed by atoms with Gasteiger partial charge in [0.1, 0.15) is 0 Å². The van der Waals surface area contributed by atoms with E-state index in [0.717, 1.165) is 13.0 Å². The number of methoxy groups -OCH3 is 1. The Morgan fingerprint density at radius 3 is 2.61 bits per heavy atom. The first-order valence-electron chi connectivity index (χ1n) is 10.0. The molecule has 3 rings (SSSR count). The van der Waals surface area contributed by atoms with Crippen LogP contribution in [0.3, 0.4) is 0 Å². The second-order valence-corrected chi connectivity index (χ2v) is 7.25. The monoisotopic (exact) mass is 378 g/mol. The number of fused-ring (bicyclic) bond motifs is 1. The van der Waals surface area contributed by atoms with Crippen molar-refractivity contribution in [3.05, 3.63) is 71.4 Å². The van der Waals surface area contributed by atoms with E-state index in [1.807, 2.05) is 0 Å². The Balaban J connectivity index is 1.93. The molecule has 2 aromatic carbocycles. The maximum Gasteiger partial charge on any atom is 0.220 e. The quantitative estimate of drug-likeness (QED) is 0.551. The first-order valence-corrected chi connectivity index (χ1v) is 10.0. The van der Waals surface area contributed by atoms with Crippen LogP contribution in [0.15, 0.2) is 54.7 Å². The number of nitrogens with one attached hydrogen (secondary N) is 1. The summed E-state index contributed by atoms with van der Waals surface area (Å²) in [5.41, 5.74) is 4.84. The molecule has 0 aliphatic rings. The summed E-state index contributed by atoms with van der Waals surface area (Å²) >= 11 is 0. The third-order valence-corrected chi connectivity index (χ3v) is 5.25. The van der Waals surface area contributed by atoms with Gasteiger partial charge in [-0.05, 0) is 37.5 Å². The van der Waals surface area contributed by atoms with Crippen LogP contribution < -0.4 is 5.32 Å². The van der Waals surface area contributed by atoms with Crippen molar-refractivity contribution in [3.63, 3.8) is 0 Å². The van der Waals surface area contributed by atoms with Crippen molar-refractivity contribution in [1.82, 2.24) is 9.88 Å². The van der Waals surface area contributed by atoms with Crippen molar-refractivity contribution in [1.29, 1.82) is 0 Å². The van der Waals surface area contributed by atoms with Gasteiger partial charge >= 0.3 is 0 Å². The third kappa shape index (κ3) is 4.63. The number of para-hydroxylation sites is 1. The molecule has 0 aliphatic carbocycles. The van der Waals surface area contributed by atoms with Crippen molar-refractivity contribution in [2.75, 3.05) is 20.3 Å². The molecule has 28 heavy (non-hydrogen) atoms. The number of hydrogen-bond acceptors (Lipinski definition) is 2. The lowest BCUT2D eigenvalue weighted by molar-refractivity contribution is -0.121. The number of hydrogen-bond donors (Lipinski definition) is 1. The number of amides is 1. The van der Waals surface area contributed by atoms with Crippen molar-refractivity contribution in [3.8, 4) is 0 Å². The lowest BCUT2D eigenvalue weighted by atomic mass is 9.87. The van der Waals surface area contributed by atoms with Gasteiger partial charge in [-0.1, -0.05) is 48.0 Å². The first kappa shape index (κ1) is 20.2. The van der Waals surface area contributed by atoms with Gasteiger partial charge in [-0.15, -0.1) is 0 Å². The largest absolute Gasteiger partial charge is 0.385 e. The summed E-state index contributed by atoms with van der Waals surface area (Å²) in [5.74, 6) is 0.107. The number of carbonyl (C=O) groups excluding carboxylic acids is 1. The number of carbonyl (C=O) groups is 1. The van der Waals surface area contributed by atoms with Gasteiger partial charge in [0, 0.05) is 56.2 Å². The fourth-order valence-electron chi connectivity index (χ4n) is 3.72. The van der Waals surface area contributed by atoms with Crippen LogP contribution >= 0.6 is 0 Å². The molecule has 1 atom stereocenters. The van der Waals surface area contributed by atoms with Gasteiger partial charge in [0.25, 0.3) is 0 Å². The van der Waals surface area contributed by atoms with Gasteiger partial charge in [-0.2, -0.15) is 0 Å². The van der Waals surface area contributed by atoms with Crippen molar-refractivity contribution < 1.29 is 9.53 Å². The fourth-order valence-corrected chi connectivity index (χ4v) is 3.72. The summed E-state index contributed by atoms with van der Waals surface area (Å²) in [7, 11) is 1.68. The van der Waals surface area contributed by atoms with Crippen molar-refractivity contribution >= 4 is 16.8 Å². The smallest absolute Gasteiger partial charge is 0.220 e. The molecule has 4 heteroatoms. The number of benzene rings is 2. The van der Waals surface area contributed by atoms with Crippen LogP contribution in [-0.2, 0) is 16.1 Å². The Morgan fingerprint density at radius 1 is 1.14 bits per heavy atom. The zero-order valence-corrected chi connectivity index (χ0v) is 17.1. The average molecular weight is 379 g/mol. The number of aromatic nitrogens is 1. The highest BCUT2D eigenvalue weighted by atomic mass is 16.5. The molecule has 0 spiro atoms. The molecule has 0 unspecified atom stereocenters. The Morgan fingerprint density at radius 2 is 1.89 bits per heavy atom. The van der Waals surface area contributed by atoms with E-state index >= 15 is 0 Å². The summed E-state index contributed by atoms with van der Waals surface area (Å²) in [5, 5.41) is 4.27. The predicted octanol–water partition coefficient (Wildman–Crippen LogP) is 4.64. The summed E-state index contributed by atoms with van der Waals surface area (Å²) in [6, 6.07) is 17.0. The molecule has 0 saturated heterocycles. The number of nitrogens with zero attached hydrogens (tertiary/aromatic N) is 1. The Hall–Kier alpha value is -2.59. The van der Waals surface area contributed by atoms with Gasteiger partial charge in [-0.25, -0.2) is 0 Å². The molecular formula is C24H30N2O2. The molecular weight excluding hydrogens is 348 g/mol. The molecule has 0 radical (unpaired) electrons. The van der Waals surface area contributed by atoms with E-state index in [9.17, 15) is 4.79 Å². The molecule has 1 heterocycles. The Labute approximate surface area is 167 Å². The number of aryl methyl sites for hydroxylation is 2. The van der Waals surface area contributed by atoms with Crippen LogP contribution in [0.2, 0.25) is 0 Å². The van der Waals surface area contributed by atoms with Gasteiger partial charge in [0.2, 0.25) is 5.91 Å². The highest BCUT2D eigenvalue weighted by Crippen LogP contribution is 2.35. The second-order valence-electron chi connectivity index (χ2n) is 7.25. The topological polar surface area (TPSA) is 43.3 Å². The van der Waals surface area contributed by atoms with E-state index < -0.39 is 0 Å². The normalized spacial score (nSPS) is 12.2. The third-order valence-electron chi connectivity index (χ3n) is 5.25. The second kappa shape index (κ2) is 9.56. The Bertz CT molecular complexity index is 912. The zero-order chi connectivity index (χ0) is 19.9. The number of rotatable bonds is 9. The van der Waals surface area contributed by atoms with Crippen LogP contribution in [0.25, 0.3) is 10.9 Å². The summed E-state index contributed by atoms with van der Waals surface area (Å²) in [6.45, 7) is 6.45. The SMILES string of the molecule is CCn1cc([C@@H](CC(=O)NCCCOC)c2ccc(C)cc2)c2ccccc21. The highest BCUT2D eigenvalue weighted by Gasteiger charge is 2.22. The molecule has 148 valence electrons. The molecule has 4 nitrogen and oxygen atoms in total. The van der Waals surface area contributed by atoms with E-state index in [-0.39, 0.29) is 11.8 Å². The summed E-state index contributed by atoms with van der Waals surface area (Å²) in [6.07, 6.45) is 3.48. The minimum absolute atomic E-state index is 0.0284. The molecule has 1 aromatic heterocycles. The standard InChI is InChI=1S/C24H30N2O2/c1-4-26-17-22(20-8-5-6-9-23(20)26)21(19-12-10-18(2)11-13-19)16-24(27)25-14-7-15-28-3/h5-6,8-13,17,21H,4,7,14-16H2,1-3H3,(H,25,27)/t21-/m0/s1. The molecule has 0 fully saturated rings. The summed E-state index contributed by atoms with van der Waals surface area (Å²) < 4.78 is 7.33. The van der Waals surface area contributed by atoms with Crippen molar-refractivity contribution in [2.45, 2.75) is 39.2 Å². The predicted molar refractivity (Wildman–Crippen MR) is 115 cm³/mol. The van der Waals surface area contributed by atoms with E-state index in [2.05, 4.69) is 78.5 Å². The lowest BCUT2D eigenvalue weighted by Gasteiger charge is -2.17. The van der Waals surface area contributed by atoms with Crippen LogP contribution in [0, 0.1) is 6.92 Å². The summed E-state index contributed by atoms with van der Waals surface area (Å²) in [4.78, 5) is 12.7. The van der Waals surface area contributed by atoms with E-state index in [1.54, 1.807) is 7.11 Å². The molecule has 0 aliphatic heterocycles. The van der Waals surface area contributed by atoms with E-state index in [0.29, 0.717) is 19.6 Å². The Kier molecular flexibility index (Phi) is 6.88. The molecule has 0 bridgehead atoms. The average Bonchev–Trinajstić information content (AvgIpc) is 3.09. The fraction of sp³-hybridized carbons (Fsp3) is 0.375. The van der Waals surface area contributed by atoms with Crippen LogP contribution in [0.4, 0.5) is 0 Å². The maximum absolute atomic E-state index is 12.7.